The minimum absolute atomic E-state index is 0.0954. The lowest BCUT2D eigenvalue weighted by molar-refractivity contribution is -0.131. The largest absolute Gasteiger partial charge is 0.350 e. The first kappa shape index (κ1) is 11.8. The van der Waals surface area contributed by atoms with E-state index >= 15 is 0 Å². The van der Waals surface area contributed by atoms with Gasteiger partial charge in [0, 0.05) is 27.2 Å². The molecule has 3 rings (SSSR count). The molecule has 96 valence electrons. The highest BCUT2D eigenvalue weighted by molar-refractivity contribution is 7.86. The normalized spacial score (nSPS) is 41.9. The topological polar surface area (TPSA) is 52.6 Å². The van der Waals surface area contributed by atoms with E-state index in [-0.39, 0.29) is 28.5 Å². The molecule has 0 spiro atoms. The summed E-state index contributed by atoms with van der Waals surface area (Å²) in [4.78, 5) is 12.1. The quantitative estimate of drug-likeness (QED) is 0.758. The van der Waals surface area contributed by atoms with Gasteiger partial charge in [-0.1, -0.05) is 0 Å². The monoisotopic (exact) mass is 258 g/mol. The van der Waals surface area contributed by atoms with E-state index in [9.17, 15) is 9.00 Å². The Hall–Kier alpha value is -0.260. The Morgan fingerprint density at radius 3 is 2.29 bits per heavy atom. The molecule has 0 N–H and O–H groups in total. The van der Waals surface area contributed by atoms with Gasteiger partial charge in [0.25, 0.3) is 0 Å². The molecule has 0 amide bonds. The number of hydrogen-bond acceptors (Lipinski definition) is 4. The fourth-order valence-corrected chi connectivity index (χ4v) is 5.28. The zero-order chi connectivity index (χ0) is 11.8. The highest BCUT2D eigenvalue weighted by Crippen LogP contribution is 2.39. The summed E-state index contributed by atoms with van der Waals surface area (Å²) in [6.45, 7) is 1.19. The van der Waals surface area contributed by atoms with Crippen LogP contribution >= 0.6 is 0 Å². The van der Waals surface area contributed by atoms with Crippen LogP contribution in [0.5, 0.6) is 0 Å². The lowest BCUT2D eigenvalue weighted by Gasteiger charge is -2.26. The van der Waals surface area contributed by atoms with Gasteiger partial charge < -0.3 is 9.47 Å². The van der Waals surface area contributed by atoms with E-state index in [0.717, 1.165) is 25.7 Å². The van der Waals surface area contributed by atoms with Gasteiger partial charge in [-0.3, -0.25) is 9.00 Å². The van der Waals surface area contributed by atoms with Crippen molar-refractivity contribution in [1.29, 1.82) is 0 Å². The number of rotatable bonds is 3. The summed E-state index contributed by atoms with van der Waals surface area (Å²) in [5.74, 6) is 0.337. The lowest BCUT2D eigenvalue weighted by Crippen LogP contribution is -2.33. The van der Waals surface area contributed by atoms with Crippen LogP contribution in [0.3, 0.4) is 0 Å². The minimum atomic E-state index is -0.674. The van der Waals surface area contributed by atoms with Crippen molar-refractivity contribution in [2.24, 2.45) is 5.92 Å². The number of hydrogen-bond donors (Lipinski definition) is 0. The molecule has 0 aromatic heterocycles. The van der Waals surface area contributed by atoms with Crippen LogP contribution in [-0.2, 0) is 25.1 Å². The Kier molecular flexibility index (Phi) is 3.32. The molecule has 2 bridgehead atoms. The van der Waals surface area contributed by atoms with E-state index in [1.165, 1.54) is 0 Å². The molecular formula is C12H18O4S. The second-order valence-electron chi connectivity index (χ2n) is 5.16. The number of ether oxygens (including phenoxy) is 2. The summed E-state index contributed by atoms with van der Waals surface area (Å²) in [6.07, 6.45) is 3.75. The molecule has 0 aromatic carbocycles. The van der Waals surface area contributed by atoms with Gasteiger partial charge in [-0.15, -0.1) is 0 Å². The molecule has 3 heterocycles. The number of carbonyl (C=O) groups is 1. The van der Waals surface area contributed by atoms with E-state index in [4.69, 9.17) is 9.47 Å². The summed E-state index contributed by atoms with van der Waals surface area (Å²) in [5, 5.41) is 0.543. The molecule has 0 saturated carbocycles. The van der Waals surface area contributed by atoms with Gasteiger partial charge in [0.2, 0.25) is 0 Å². The van der Waals surface area contributed by atoms with Crippen molar-refractivity contribution < 1.29 is 18.5 Å². The van der Waals surface area contributed by atoms with Gasteiger partial charge in [-0.25, -0.2) is 0 Å². The minimum Gasteiger partial charge on any atom is -0.350 e. The van der Waals surface area contributed by atoms with Crippen LogP contribution in [0, 0.1) is 5.92 Å². The average Bonchev–Trinajstić information content (AvgIpc) is 2.86. The third kappa shape index (κ3) is 2.33. The first-order valence-corrected chi connectivity index (χ1v) is 7.67. The molecule has 0 aromatic rings. The van der Waals surface area contributed by atoms with Crippen LogP contribution in [0.4, 0.5) is 0 Å². The van der Waals surface area contributed by atoms with Gasteiger partial charge >= 0.3 is 0 Å². The van der Waals surface area contributed by atoms with E-state index in [0.29, 0.717) is 19.6 Å². The Balaban J connectivity index is 1.58. The Morgan fingerprint density at radius 1 is 1.12 bits per heavy atom. The zero-order valence-electron chi connectivity index (χ0n) is 9.80. The molecule has 4 nitrogen and oxygen atoms in total. The summed E-state index contributed by atoms with van der Waals surface area (Å²) < 4.78 is 22.5. The molecule has 2 atom stereocenters. The van der Waals surface area contributed by atoms with Crippen molar-refractivity contribution in [3.8, 4) is 0 Å². The Labute approximate surface area is 103 Å². The second kappa shape index (κ2) is 4.78. The van der Waals surface area contributed by atoms with Crippen LogP contribution in [-0.4, -0.2) is 40.0 Å². The van der Waals surface area contributed by atoms with E-state index < -0.39 is 10.8 Å². The first-order chi connectivity index (χ1) is 8.24. The zero-order valence-corrected chi connectivity index (χ0v) is 10.6. The molecule has 3 aliphatic heterocycles. The Morgan fingerprint density at radius 2 is 1.71 bits per heavy atom. The highest BCUT2D eigenvalue weighted by atomic mass is 32.2. The van der Waals surface area contributed by atoms with Gasteiger partial charge in [0.1, 0.15) is 5.78 Å². The van der Waals surface area contributed by atoms with Crippen molar-refractivity contribution in [1.82, 2.24) is 0 Å². The predicted octanol–water partition coefficient (Wildman–Crippen LogP) is 1.01. The maximum absolute atomic E-state index is 12.1. The molecule has 3 fully saturated rings. The maximum Gasteiger partial charge on any atom is 0.164 e. The third-order valence-electron chi connectivity index (χ3n) is 4.08. The molecule has 3 aliphatic rings. The molecule has 0 radical (unpaired) electrons. The van der Waals surface area contributed by atoms with Crippen molar-refractivity contribution in [3.05, 3.63) is 0 Å². The molecule has 2 unspecified atom stereocenters. The van der Waals surface area contributed by atoms with Crippen LogP contribution in [0.1, 0.15) is 32.1 Å². The molecule has 5 heteroatoms. The molecule has 0 aliphatic carbocycles. The van der Waals surface area contributed by atoms with Crippen LogP contribution < -0.4 is 0 Å². The third-order valence-corrected chi connectivity index (χ3v) is 6.25. The Bertz CT molecular complexity index is 321. The SMILES string of the molecule is O=C(CC1OCCO1)C1CC2CCC(C1)S2=O. The van der Waals surface area contributed by atoms with Crippen molar-refractivity contribution >= 4 is 16.6 Å². The maximum atomic E-state index is 12.1. The number of ketones is 1. The van der Waals surface area contributed by atoms with Gasteiger partial charge in [-0.2, -0.15) is 0 Å². The molecule has 17 heavy (non-hydrogen) atoms. The summed E-state index contributed by atoms with van der Waals surface area (Å²) in [6, 6.07) is 0. The smallest absolute Gasteiger partial charge is 0.164 e. The van der Waals surface area contributed by atoms with Gasteiger partial charge in [-0.05, 0) is 25.7 Å². The number of Topliss-reactive ketones (excluding diaryl/α,β-unsaturated/α-hetero) is 1. The van der Waals surface area contributed by atoms with E-state index in [2.05, 4.69) is 0 Å². The van der Waals surface area contributed by atoms with Crippen LogP contribution in [0.2, 0.25) is 0 Å². The summed E-state index contributed by atoms with van der Waals surface area (Å²) in [7, 11) is -0.674. The van der Waals surface area contributed by atoms with Crippen molar-refractivity contribution in [3.63, 3.8) is 0 Å². The fraction of sp³-hybridized carbons (Fsp3) is 0.917. The standard InChI is InChI=1S/C12H18O4S/c13-11(7-12-15-3-4-16-12)8-5-9-1-2-10(6-8)17(9)14/h8-10,12H,1-7H2. The first-order valence-electron chi connectivity index (χ1n) is 6.39. The second-order valence-corrected chi connectivity index (χ2v) is 7.15. The fourth-order valence-electron chi connectivity index (χ4n) is 3.15. The summed E-state index contributed by atoms with van der Waals surface area (Å²) >= 11 is 0. The molecular weight excluding hydrogens is 240 g/mol. The highest BCUT2D eigenvalue weighted by Gasteiger charge is 2.43. The number of fused-ring (bicyclic) bond motifs is 2. The average molecular weight is 258 g/mol. The van der Waals surface area contributed by atoms with Crippen molar-refractivity contribution in [2.45, 2.75) is 48.9 Å². The van der Waals surface area contributed by atoms with Crippen molar-refractivity contribution in [2.75, 3.05) is 13.2 Å². The summed E-state index contributed by atoms with van der Waals surface area (Å²) in [5.41, 5.74) is 0. The molecule has 3 saturated heterocycles. The van der Waals surface area contributed by atoms with Gasteiger partial charge in [0.15, 0.2) is 6.29 Å². The van der Waals surface area contributed by atoms with E-state index in [1.807, 2.05) is 0 Å². The van der Waals surface area contributed by atoms with Gasteiger partial charge in [0.05, 0.1) is 19.6 Å². The van der Waals surface area contributed by atoms with Crippen LogP contribution in [0.25, 0.3) is 0 Å². The predicted molar refractivity (Wildman–Crippen MR) is 63.0 cm³/mol. The lowest BCUT2D eigenvalue weighted by atomic mass is 9.92. The van der Waals surface area contributed by atoms with Crippen LogP contribution in [0.15, 0.2) is 0 Å². The number of carbonyl (C=O) groups excluding carboxylic acids is 1. The van der Waals surface area contributed by atoms with E-state index in [1.54, 1.807) is 0 Å².